The van der Waals surface area contributed by atoms with Crippen LogP contribution in [0.1, 0.15) is 41.6 Å². The van der Waals surface area contributed by atoms with Crippen molar-refractivity contribution in [3.05, 3.63) is 40.4 Å². The summed E-state index contributed by atoms with van der Waals surface area (Å²) in [6, 6.07) is 4.79. The molecule has 4 nitrogen and oxygen atoms in total. The van der Waals surface area contributed by atoms with Crippen LogP contribution in [0.2, 0.25) is 5.02 Å². The molecule has 0 aromatic heterocycles. The van der Waals surface area contributed by atoms with Gasteiger partial charge in [-0.15, -0.1) is 0 Å². The maximum Gasteiger partial charge on any atom is 0.337 e. The van der Waals surface area contributed by atoms with Crippen LogP contribution in [0, 0.1) is 0 Å². The molecule has 2 bridgehead atoms. The van der Waals surface area contributed by atoms with Crippen molar-refractivity contribution in [2.24, 2.45) is 0 Å². The highest BCUT2D eigenvalue weighted by atomic mass is 35.5. The van der Waals surface area contributed by atoms with Crippen LogP contribution in [0.15, 0.2) is 24.3 Å². The van der Waals surface area contributed by atoms with E-state index in [0.29, 0.717) is 19.3 Å². The van der Waals surface area contributed by atoms with Crippen LogP contribution in [0.5, 0.6) is 0 Å². The molecule has 2 heterocycles. The maximum atomic E-state index is 12.2. The molecule has 1 saturated heterocycles. The van der Waals surface area contributed by atoms with E-state index in [-0.39, 0.29) is 15.8 Å². The van der Waals surface area contributed by atoms with Crippen molar-refractivity contribution in [1.29, 1.82) is 0 Å². The lowest BCUT2D eigenvalue weighted by Gasteiger charge is -2.33. The SMILES string of the molecule is O=C(O)c1ccc(C2=CC3CCCC(C2)S3(=O)=O)cc1Cl. The van der Waals surface area contributed by atoms with Crippen molar-refractivity contribution in [2.75, 3.05) is 0 Å². The lowest BCUT2D eigenvalue weighted by atomic mass is 9.93. The molecule has 112 valence electrons. The predicted molar refractivity (Wildman–Crippen MR) is 81.4 cm³/mol. The normalized spacial score (nSPS) is 27.0. The molecule has 0 radical (unpaired) electrons. The largest absolute Gasteiger partial charge is 0.478 e. The van der Waals surface area contributed by atoms with Gasteiger partial charge in [-0.3, -0.25) is 0 Å². The lowest BCUT2D eigenvalue weighted by molar-refractivity contribution is 0.0697. The molecule has 1 aromatic rings. The summed E-state index contributed by atoms with van der Waals surface area (Å²) in [5.41, 5.74) is 1.83. The van der Waals surface area contributed by atoms with E-state index in [2.05, 4.69) is 0 Å². The highest BCUT2D eigenvalue weighted by Gasteiger charge is 2.40. The van der Waals surface area contributed by atoms with E-state index in [1.165, 1.54) is 6.07 Å². The summed E-state index contributed by atoms with van der Waals surface area (Å²) in [6.07, 6.45) is 4.62. The summed E-state index contributed by atoms with van der Waals surface area (Å²) >= 11 is 5.99. The Kier molecular flexibility index (Phi) is 3.58. The summed E-state index contributed by atoms with van der Waals surface area (Å²) in [5.74, 6) is -1.07. The van der Waals surface area contributed by atoms with Gasteiger partial charge in [0.05, 0.1) is 21.1 Å². The fraction of sp³-hybridized carbons (Fsp3) is 0.400. The highest BCUT2D eigenvalue weighted by Crippen LogP contribution is 2.39. The molecule has 0 aliphatic carbocycles. The molecule has 0 amide bonds. The lowest BCUT2D eigenvalue weighted by Crippen LogP contribution is -2.38. The highest BCUT2D eigenvalue weighted by molar-refractivity contribution is 7.93. The molecule has 2 unspecified atom stereocenters. The Morgan fingerprint density at radius 3 is 2.67 bits per heavy atom. The fourth-order valence-electron chi connectivity index (χ4n) is 3.16. The number of allylic oxidation sites excluding steroid dienone is 1. The first-order valence-corrected chi connectivity index (χ1v) is 8.85. The Hall–Kier alpha value is -1.33. The van der Waals surface area contributed by atoms with Crippen molar-refractivity contribution < 1.29 is 18.3 Å². The molecule has 6 heteroatoms. The number of carboxylic acids is 1. The average molecular weight is 327 g/mol. The Balaban J connectivity index is 2.00. The van der Waals surface area contributed by atoms with E-state index >= 15 is 0 Å². The Morgan fingerprint density at radius 1 is 1.29 bits per heavy atom. The Labute approximate surface area is 128 Å². The van der Waals surface area contributed by atoms with Gasteiger partial charge in [0.2, 0.25) is 0 Å². The number of rotatable bonds is 2. The van der Waals surface area contributed by atoms with Gasteiger partial charge in [-0.1, -0.05) is 30.2 Å². The first-order valence-electron chi connectivity index (χ1n) is 6.86. The van der Waals surface area contributed by atoms with Crippen molar-refractivity contribution >= 4 is 33.0 Å². The number of sulfone groups is 1. The van der Waals surface area contributed by atoms with Gasteiger partial charge in [-0.2, -0.15) is 0 Å². The third-order valence-corrected chi connectivity index (χ3v) is 7.17. The quantitative estimate of drug-likeness (QED) is 0.906. The van der Waals surface area contributed by atoms with Gasteiger partial charge in [-0.25, -0.2) is 13.2 Å². The molecule has 2 aliphatic heterocycles. The number of carboxylic acid groups (broad SMARTS) is 1. The predicted octanol–water partition coefficient (Wildman–Crippen LogP) is 3.16. The maximum absolute atomic E-state index is 12.2. The average Bonchev–Trinajstić information content (AvgIpc) is 2.36. The molecule has 3 rings (SSSR count). The monoisotopic (exact) mass is 326 g/mol. The van der Waals surface area contributed by atoms with Gasteiger partial charge in [-0.05, 0) is 42.5 Å². The second-order valence-electron chi connectivity index (χ2n) is 5.58. The second kappa shape index (κ2) is 5.14. The van der Waals surface area contributed by atoms with E-state index in [9.17, 15) is 13.2 Å². The summed E-state index contributed by atoms with van der Waals surface area (Å²) in [5, 5.41) is 8.45. The van der Waals surface area contributed by atoms with Crippen LogP contribution < -0.4 is 0 Å². The summed E-state index contributed by atoms with van der Waals surface area (Å²) < 4.78 is 24.5. The first-order chi connectivity index (χ1) is 9.89. The van der Waals surface area contributed by atoms with Gasteiger partial charge < -0.3 is 5.11 Å². The van der Waals surface area contributed by atoms with Crippen LogP contribution in [0.3, 0.4) is 0 Å². The van der Waals surface area contributed by atoms with E-state index in [1.807, 2.05) is 6.08 Å². The van der Waals surface area contributed by atoms with Crippen LogP contribution in [-0.2, 0) is 9.84 Å². The second-order valence-corrected chi connectivity index (χ2v) is 8.43. The minimum absolute atomic E-state index is 0.0599. The Morgan fingerprint density at radius 2 is 2.05 bits per heavy atom. The molecular weight excluding hydrogens is 312 g/mol. The zero-order valence-electron chi connectivity index (χ0n) is 11.3. The standard InChI is InChI=1S/C15H15ClO4S/c16-14-8-9(4-5-13(14)15(17)18)10-6-11-2-1-3-12(7-10)21(11,19)20/h4-6,8,11-12H,1-3,7H2,(H,17,18). The third-order valence-electron chi connectivity index (χ3n) is 4.31. The van der Waals surface area contributed by atoms with Gasteiger partial charge >= 0.3 is 5.97 Å². The van der Waals surface area contributed by atoms with Crippen LogP contribution in [-0.4, -0.2) is 30.0 Å². The fourth-order valence-corrected chi connectivity index (χ4v) is 5.67. The van der Waals surface area contributed by atoms with E-state index in [1.54, 1.807) is 12.1 Å². The molecular formula is C15H15ClO4S. The molecule has 21 heavy (non-hydrogen) atoms. The summed E-state index contributed by atoms with van der Waals surface area (Å²) in [4.78, 5) is 11.0. The number of fused-ring (bicyclic) bond motifs is 2. The van der Waals surface area contributed by atoms with Crippen molar-refractivity contribution in [2.45, 2.75) is 36.2 Å². The van der Waals surface area contributed by atoms with Gasteiger partial charge in [0.1, 0.15) is 0 Å². The van der Waals surface area contributed by atoms with Crippen molar-refractivity contribution in [3.63, 3.8) is 0 Å². The van der Waals surface area contributed by atoms with Crippen molar-refractivity contribution in [1.82, 2.24) is 0 Å². The summed E-state index contributed by atoms with van der Waals surface area (Å²) in [6.45, 7) is 0. The number of hydrogen-bond donors (Lipinski definition) is 1. The van der Waals surface area contributed by atoms with Crippen molar-refractivity contribution in [3.8, 4) is 0 Å². The first kappa shape index (κ1) is 14.6. The van der Waals surface area contributed by atoms with Gasteiger partial charge in [0, 0.05) is 0 Å². The zero-order chi connectivity index (χ0) is 15.2. The van der Waals surface area contributed by atoms with Gasteiger partial charge in [0.25, 0.3) is 0 Å². The molecule has 1 fully saturated rings. The zero-order valence-corrected chi connectivity index (χ0v) is 12.8. The van der Waals surface area contributed by atoms with Crippen LogP contribution >= 0.6 is 11.6 Å². The van der Waals surface area contributed by atoms with Gasteiger partial charge in [0.15, 0.2) is 9.84 Å². The number of hydrogen-bond acceptors (Lipinski definition) is 3. The van der Waals surface area contributed by atoms with Crippen LogP contribution in [0.4, 0.5) is 0 Å². The molecule has 2 atom stereocenters. The number of halogens is 1. The molecule has 0 spiro atoms. The van der Waals surface area contributed by atoms with E-state index in [0.717, 1.165) is 17.6 Å². The Bertz CT molecular complexity index is 736. The van der Waals surface area contributed by atoms with E-state index < -0.39 is 21.1 Å². The van der Waals surface area contributed by atoms with E-state index in [4.69, 9.17) is 16.7 Å². The molecule has 0 saturated carbocycles. The minimum atomic E-state index is -3.04. The molecule has 1 aromatic carbocycles. The number of carbonyl (C=O) groups is 1. The number of aromatic carboxylic acids is 1. The minimum Gasteiger partial charge on any atom is -0.478 e. The topological polar surface area (TPSA) is 71.4 Å². The summed E-state index contributed by atoms with van der Waals surface area (Å²) in [7, 11) is -3.04. The van der Waals surface area contributed by atoms with Crippen LogP contribution in [0.25, 0.3) is 5.57 Å². The third kappa shape index (κ3) is 2.49. The molecule has 2 aliphatic rings. The molecule has 1 N–H and O–H groups in total. The number of benzene rings is 1. The smallest absolute Gasteiger partial charge is 0.337 e.